The molecular formula is C10H6K2O7S2. The molecule has 7 nitrogen and oxygen atoms in total. The maximum atomic E-state index is 11.7. The van der Waals surface area contributed by atoms with Gasteiger partial charge in [-0.05, 0) is 35.0 Å². The third kappa shape index (κ3) is 5.57. The molecule has 0 aliphatic rings. The second-order valence-corrected chi connectivity index (χ2v) is 6.53. The van der Waals surface area contributed by atoms with E-state index in [1.807, 2.05) is 0 Å². The summed E-state index contributed by atoms with van der Waals surface area (Å²) >= 11 is 0. The molecular weight excluding hydrogens is 374 g/mol. The summed E-state index contributed by atoms with van der Waals surface area (Å²) in [6, 6.07) is 4.61. The fourth-order valence-corrected chi connectivity index (χ4v) is 2.61. The van der Waals surface area contributed by atoms with Crippen molar-refractivity contribution in [2.45, 2.75) is 9.79 Å². The second-order valence-electron chi connectivity index (χ2n) is 3.73. The van der Waals surface area contributed by atoms with Crippen LogP contribution < -0.4 is 108 Å². The van der Waals surface area contributed by atoms with E-state index in [0.29, 0.717) is 6.07 Å². The smallest absolute Gasteiger partial charge is 0.872 e. The summed E-state index contributed by atoms with van der Waals surface area (Å²) < 4.78 is 63.2. The Balaban J connectivity index is 0.00000200. The number of benzene rings is 2. The topological polar surface area (TPSA) is 135 Å². The van der Waals surface area contributed by atoms with Gasteiger partial charge in [-0.15, -0.1) is 0 Å². The molecule has 0 heterocycles. The first kappa shape index (κ1) is 22.6. The van der Waals surface area contributed by atoms with E-state index in [9.17, 15) is 26.5 Å². The summed E-state index contributed by atoms with van der Waals surface area (Å²) in [5, 5.41) is 11.6. The Morgan fingerprint density at radius 1 is 0.905 bits per heavy atom. The van der Waals surface area contributed by atoms with Crippen LogP contribution in [0.4, 0.5) is 0 Å². The van der Waals surface area contributed by atoms with Crippen molar-refractivity contribution in [3.05, 3.63) is 30.3 Å². The zero-order chi connectivity index (χ0) is 14.4. The second kappa shape index (κ2) is 8.11. The number of hydrogen-bond acceptors (Lipinski definition) is 6. The van der Waals surface area contributed by atoms with E-state index in [2.05, 4.69) is 0 Å². The number of rotatable bonds is 2. The van der Waals surface area contributed by atoms with Gasteiger partial charge in [0.15, 0.2) is 0 Å². The summed E-state index contributed by atoms with van der Waals surface area (Å²) in [6.45, 7) is 0. The van der Waals surface area contributed by atoms with Crippen molar-refractivity contribution in [2.75, 3.05) is 0 Å². The molecule has 0 amide bonds. The third-order valence-corrected chi connectivity index (χ3v) is 4.11. The van der Waals surface area contributed by atoms with Gasteiger partial charge >= 0.3 is 103 Å². The maximum absolute atomic E-state index is 11.7. The predicted molar refractivity (Wildman–Crippen MR) is 61.2 cm³/mol. The summed E-state index contributed by atoms with van der Waals surface area (Å²) in [5.41, 5.74) is 0. The third-order valence-electron chi connectivity index (χ3n) is 2.45. The molecule has 0 atom stereocenters. The normalized spacial score (nSPS) is 11.5. The van der Waals surface area contributed by atoms with E-state index in [-0.39, 0.29) is 114 Å². The first-order chi connectivity index (χ1) is 8.59. The van der Waals surface area contributed by atoms with Crippen LogP contribution in [0.3, 0.4) is 0 Å². The maximum Gasteiger partial charge on any atom is 1.00 e. The molecule has 0 unspecified atom stereocenters. The van der Waals surface area contributed by atoms with Gasteiger partial charge in [0, 0.05) is 0 Å². The minimum Gasteiger partial charge on any atom is -0.872 e. The van der Waals surface area contributed by atoms with E-state index in [0.717, 1.165) is 24.3 Å². The molecule has 0 bridgehead atoms. The zero-order valence-electron chi connectivity index (χ0n) is 11.1. The van der Waals surface area contributed by atoms with Crippen molar-refractivity contribution in [1.29, 1.82) is 0 Å². The molecule has 0 saturated carbocycles. The van der Waals surface area contributed by atoms with Crippen LogP contribution in [0, 0.1) is 0 Å². The van der Waals surface area contributed by atoms with Crippen molar-refractivity contribution in [1.82, 2.24) is 0 Å². The van der Waals surface area contributed by atoms with E-state index in [1.165, 1.54) is 0 Å². The molecule has 2 aromatic carbocycles. The van der Waals surface area contributed by atoms with Crippen molar-refractivity contribution in [2.24, 2.45) is 0 Å². The summed E-state index contributed by atoms with van der Waals surface area (Å²) in [7, 11) is -9.24. The fraction of sp³-hybridized carbons (Fsp3) is 0. The van der Waals surface area contributed by atoms with Crippen LogP contribution >= 0.6 is 0 Å². The Kier molecular flexibility index (Phi) is 8.73. The number of hydrogen-bond donors (Lipinski definition) is 1. The van der Waals surface area contributed by atoms with Crippen molar-refractivity contribution >= 4 is 31.0 Å². The Morgan fingerprint density at radius 2 is 1.48 bits per heavy atom. The van der Waals surface area contributed by atoms with Gasteiger partial charge in [0.1, 0.15) is 10.1 Å². The van der Waals surface area contributed by atoms with Crippen molar-refractivity contribution in [3.8, 4) is 5.75 Å². The summed E-state index contributed by atoms with van der Waals surface area (Å²) in [6.07, 6.45) is 0. The molecule has 1 N–H and O–H groups in total. The van der Waals surface area contributed by atoms with Crippen LogP contribution in [0.15, 0.2) is 40.1 Å². The Hall–Kier alpha value is 1.59. The molecule has 0 aliphatic heterocycles. The van der Waals surface area contributed by atoms with Crippen LogP contribution in [0.1, 0.15) is 0 Å². The number of fused-ring (bicyclic) bond motifs is 1. The van der Waals surface area contributed by atoms with Gasteiger partial charge in [0.2, 0.25) is 0 Å². The van der Waals surface area contributed by atoms with E-state index in [1.54, 1.807) is 0 Å². The van der Waals surface area contributed by atoms with Crippen LogP contribution in [0.5, 0.6) is 5.75 Å². The minimum atomic E-state index is -4.71. The van der Waals surface area contributed by atoms with Crippen molar-refractivity contribution < 1.29 is 134 Å². The Bertz CT molecular complexity index is 876. The Morgan fingerprint density at radius 3 is 1.95 bits per heavy atom. The molecule has 0 spiro atoms. The molecule has 2 rings (SSSR count). The monoisotopic (exact) mass is 380 g/mol. The van der Waals surface area contributed by atoms with Gasteiger partial charge in [-0.25, -0.2) is 8.42 Å². The molecule has 0 fully saturated rings. The van der Waals surface area contributed by atoms with Gasteiger partial charge < -0.3 is 9.66 Å². The molecule has 0 aromatic heterocycles. The molecule has 2 aromatic rings. The molecule has 11 heteroatoms. The average molecular weight is 380 g/mol. The largest absolute Gasteiger partial charge is 1.00 e. The first-order valence-electron chi connectivity index (χ1n) is 4.77. The predicted octanol–water partition coefficient (Wildman–Crippen LogP) is -5.93. The zero-order valence-corrected chi connectivity index (χ0v) is 19.0. The molecule has 0 aliphatic carbocycles. The molecule has 102 valence electrons. The van der Waals surface area contributed by atoms with Gasteiger partial charge in [-0.2, -0.15) is 8.42 Å². The SMILES string of the molecule is O=S(=O)([O-])c1ccc2cc(S(=O)(=O)O)cc([O-])c2c1.[K+].[K+]. The quantitative estimate of drug-likeness (QED) is 0.405. The van der Waals surface area contributed by atoms with E-state index < -0.39 is 35.8 Å². The van der Waals surface area contributed by atoms with Crippen LogP contribution in [-0.4, -0.2) is 25.9 Å². The summed E-state index contributed by atoms with van der Waals surface area (Å²) in [5.74, 6) is -0.810. The van der Waals surface area contributed by atoms with Gasteiger partial charge in [0.25, 0.3) is 10.1 Å². The fourth-order valence-electron chi connectivity index (χ4n) is 1.58. The van der Waals surface area contributed by atoms with E-state index in [4.69, 9.17) is 4.55 Å². The van der Waals surface area contributed by atoms with Gasteiger partial charge in [-0.1, -0.05) is 11.8 Å². The minimum absolute atomic E-state index is 0. The average Bonchev–Trinajstić information content (AvgIpc) is 2.26. The molecule has 0 saturated heterocycles. The standard InChI is InChI=1S/C10H8O7S2.2K/c11-10-5-8(19(15,16)17)3-6-1-2-7(4-9(6)10)18(12,13)14;;/h1-5,11H,(H,12,13,14)(H,15,16,17);;/q;2*+1/p-2. The van der Waals surface area contributed by atoms with Crippen LogP contribution in [-0.2, 0) is 20.2 Å². The Labute approximate surface area is 206 Å². The van der Waals surface area contributed by atoms with Crippen LogP contribution in [0.25, 0.3) is 10.8 Å². The first-order valence-corrected chi connectivity index (χ1v) is 7.62. The van der Waals surface area contributed by atoms with Crippen molar-refractivity contribution in [3.63, 3.8) is 0 Å². The summed E-state index contributed by atoms with van der Waals surface area (Å²) in [4.78, 5) is -1.18. The molecule has 0 radical (unpaired) electrons. The van der Waals surface area contributed by atoms with Crippen LogP contribution in [0.2, 0.25) is 0 Å². The van der Waals surface area contributed by atoms with E-state index >= 15 is 0 Å². The molecule has 21 heavy (non-hydrogen) atoms. The van der Waals surface area contributed by atoms with Gasteiger partial charge in [-0.3, -0.25) is 4.55 Å². The van der Waals surface area contributed by atoms with Gasteiger partial charge in [0.05, 0.1) is 9.79 Å².